The molecular weight excluding hydrogens is 233 g/mol. The summed E-state index contributed by atoms with van der Waals surface area (Å²) in [5.41, 5.74) is 1.00. The molecule has 0 atom stereocenters. The quantitative estimate of drug-likeness (QED) is 0.617. The molecule has 0 aliphatic rings. The molecule has 3 rings (SSSR count). The molecule has 84 valence electrons. The van der Waals surface area contributed by atoms with Gasteiger partial charge in [0.2, 0.25) is 0 Å². The van der Waals surface area contributed by atoms with E-state index in [1.807, 2.05) is 31.3 Å². The maximum atomic E-state index is 13.7. The van der Waals surface area contributed by atoms with Crippen molar-refractivity contribution in [3.8, 4) is 10.6 Å². The van der Waals surface area contributed by atoms with E-state index in [2.05, 4.69) is 4.98 Å². The smallest absolute Gasteiger partial charge is 0.131 e. The summed E-state index contributed by atoms with van der Waals surface area (Å²) in [4.78, 5) is 5.52. The Balaban J connectivity index is 2.34. The Morgan fingerprint density at radius 3 is 2.53 bits per heavy atom. The minimum Gasteiger partial charge on any atom is -0.244 e. The molecule has 1 aromatic heterocycles. The van der Waals surface area contributed by atoms with Crippen LogP contribution < -0.4 is 0 Å². The van der Waals surface area contributed by atoms with Gasteiger partial charge >= 0.3 is 0 Å². The molecule has 2 aromatic carbocycles. The first-order valence-corrected chi connectivity index (χ1v) is 6.17. The van der Waals surface area contributed by atoms with Crippen LogP contribution >= 0.6 is 11.3 Å². The van der Waals surface area contributed by atoms with E-state index in [1.165, 1.54) is 6.07 Å². The third-order valence-corrected chi connectivity index (χ3v) is 3.67. The first kappa shape index (κ1) is 10.4. The van der Waals surface area contributed by atoms with Crippen LogP contribution in [0.1, 0.15) is 4.88 Å². The van der Waals surface area contributed by atoms with E-state index in [9.17, 15) is 4.39 Å². The van der Waals surface area contributed by atoms with Gasteiger partial charge in [0.1, 0.15) is 10.8 Å². The number of hydrogen-bond donors (Lipinski definition) is 0. The lowest BCUT2D eigenvalue weighted by Crippen LogP contribution is -1.83. The van der Waals surface area contributed by atoms with Crippen LogP contribution in [0.3, 0.4) is 0 Å². The zero-order valence-electron chi connectivity index (χ0n) is 9.27. The highest BCUT2D eigenvalue weighted by atomic mass is 32.1. The normalized spacial score (nSPS) is 10.9. The van der Waals surface area contributed by atoms with Gasteiger partial charge in [0.05, 0.1) is 0 Å². The molecule has 0 spiro atoms. The predicted molar refractivity (Wildman–Crippen MR) is 69.8 cm³/mol. The van der Waals surface area contributed by atoms with Gasteiger partial charge in [-0.2, -0.15) is 0 Å². The lowest BCUT2D eigenvalue weighted by Gasteiger charge is -2.04. The number of fused-ring (bicyclic) bond motifs is 1. The van der Waals surface area contributed by atoms with Gasteiger partial charge in [-0.05, 0) is 24.4 Å². The van der Waals surface area contributed by atoms with E-state index in [-0.39, 0.29) is 5.82 Å². The van der Waals surface area contributed by atoms with Crippen LogP contribution in [-0.4, -0.2) is 4.98 Å². The van der Waals surface area contributed by atoms with Gasteiger partial charge in [-0.15, -0.1) is 11.3 Å². The molecule has 0 aliphatic heterocycles. The minimum atomic E-state index is -0.183. The van der Waals surface area contributed by atoms with Crippen molar-refractivity contribution < 1.29 is 4.39 Å². The maximum absolute atomic E-state index is 13.7. The second-order valence-electron chi connectivity index (χ2n) is 3.92. The maximum Gasteiger partial charge on any atom is 0.131 e. The fourth-order valence-corrected chi connectivity index (χ4v) is 2.73. The van der Waals surface area contributed by atoms with Crippen molar-refractivity contribution in [1.82, 2.24) is 4.98 Å². The minimum absolute atomic E-state index is 0.183. The Morgan fingerprint density at radius 2 is 1.82 bits per heavy atom. The van der Waals surface area contributed by atoms with Crippen LogP contribution in [0.5, 0.6) is 0 Å². The Labute approximate surface area is 103 Å². The van der Waals surface area contributed by atoms with E-state index in [0.717, 1.165) is 20.8 Å². The zero-order valence-corrected chi connectivity index (χ0v) is 10.1. The molecule has 0 radical (unpaired) electrons. The number of aromatic nitrogens is 1. The van der Waals surface area contributed by atoms with Crippen LogP contribution in [0.2, 0.25) is 0 Å². The molecular formula is C14H10FNS. The Morgan fingerprint density at radius 1 is 1.06 bits per heavy atom. The number of rotatable bonds is 1. The van der Waals surface area contributed by atoms with E-state index >= 15 is 0 Å². The fourth-order valence-electron chi connectivity index (χ4n) is 1.93. The highest BCUT2D eigenvalue weighted by Gasteiger charge is 2.09. The van der Waals surface area contributed by atoms with E-state index in [1.54, 1.807) is 23.5 Å². The largest absolute Gasteiger partial charge is 0.244 e. The topological polar surface area (TPSA) is 12.9 Å². The standard InChI is InChI=1S/C14H10FNS/c1-9-8-16-14(17-9)12-6-7-13(15)11-5-3-2-4-10(11)12/h2-8H,1H3. The number of benzene rings is 2. The van der Waals surface area contributed by atoms with Crippen LogP contribution in [0.25, 0.3) is 21.3 Å². The van der Waals surface area contributed by atoms with Crippen molar-refractivity contribution in [2.24, 2.45) is 0 Å². The van der Waals surface area contributed by atoms with Gasteiger partial charge in [0, 0.05) is 22.0 Å². The summed E-state index contributed by atoms with van der Waals surface area (Å²) in [7, 11) is 0. The third-order valence-electron chi connectivity index (χ3n) is 2.72. The lowest BCUT2D eigenvalue weighted by atomic mass is 10.0. The van der Waals surface area contributed by atoms with E-state index < -0.39 is 0 Å². The van der Waals surface area contributed by atoms with Crippen molar-refractivity contribution in [2.45, 2.75) is 6.92 Å². The summed E-state index contributed by atoms with van der Waals surface area (Å²) >= 11 is 1.63. The van der Waals surface area contributed by atoms with E-state index in [4.69, 9.17) is 0 Å². The average Bonchev–Trinajstić information content (AvgIpc) is 2.77. The molecule has 0 bridgehead atoms. The van der Waals surface area contributed by atoms with Crippen LogP contribution in [-0.2, 0) is 0 Å². The summed E-state index contributed by atoms with van der Waals surface area (Å²) in [5.74, 6) is -0.183. The summed E-state index contributed by atoms with van der Waals surface area (Å²) < 4.78 is 13.7. The second kappa shape index (κ2) is 3.93. The van der Waals surface area contributed by atoms with Gasteiger partial charge in [-0.1, -0.05) is 24.3 Å². The van der Waals surface area contributed by atoms with Gasteiger partial charge in [-0.25, -0.2) is 9.37 Å². The van der Waals surface area contributed by atoms with Crippen LogP contribution in [0.15, 0.2) is 42.6 Å². The van der Waals surface area contributed by atoms with Gasteiger partial charge < -0.3 is 0 Å². The SMILES string of the molecule is Cc1cnc(-c2ccc(F)c3ccccc23)s1. The molecule has 0 N–H and O–H groups in total. The van der Waals surface area contributed by atoms with Crippen molar-refractivity contribution >= 4 is 22.1 Å². The highest BCUT2D eigenvalue weighted by molar-refractivity contribution is 7.15. The number of nitrogens with zero attached hydrogens (tertiary/aromatic N) is 1. The molecule has 17 heavy (non-hydrogen) atoms. The number of aryl methyl sites for hydroxylation is 1. The summed E-state index contributed by atoms with van der Waals surface area (Å²) in [5, 5.41) is 2.51. The molecule has 0 aliphatic carbocycles. The second-order valence-corrected chi connectivity index (χ2v) is 5.15. The molecule has 0 unspecified atom stereocenters. The van der Waals surface area contributed by atoms with E-state index in [0.29, 0.717) is 5.39 Å². The van der Waals surface area contributed by atoms with Gasteiger partial charge in [0.25, 0.3) is 0 Å². The molecule has 0 saturated carbocycles. The molecule has 3 heteroatoms. The highest BCUT2D eigenvalue weighted by Crippen LogP contribution is 2.32. The molecule has 0 fully saturated rings. The summed E-state index contributed by atoms with van der Waals surface area (Å²) in [6, 6.07) is 10.8. The molecule has 1 heterocycles. The first-order chi connectivity index (χ1) is 8.25. The lowest BCUT2D eigenvalue weighted by molar-refractivity contribution is 0.640. The molecule has 0 saturated heterocycles. The van der Waals surface area contributed by atoms with Crippen molar-refractivity contribution in [3.63, 3.8) is 0 Å². The monoisotopic (exact) mass is 243 g/mol. The van der Waals surface area contributed by atoms with Crippen molar-refractivity contribution in [2.75, 3.05) is 0 Å². The predicted octanol–water partition coefficient (Wildman–Crippen LogP) is 4.41. The Hall–Kier alpha value is -1.74. The summed E-state index contributed by atoms with van der Waals surface area (Å²) in [6.45, 7) is 2.02. The van der Waals surface area contributed by atoms with Crippen molar-refractivity contribution in [3.05, 3.63) is 53.3 Å². The third kappa shape index (κ3) is 1.72. The Kier molecular flexibility index (Phi) is 2.41. The van der Waals surface area contributed by atoms with Gasteiger partial charge in [-0.3, -0.25) is 0 Å². The Bertz CT molecular complexity index is 688. The summed E-state index contributed by atoms with van der Waals surface area (Å²) in [6.07, 6.45) is 1.85. The fraction of sp³-hybridized carbons (Fsp3) is 0.0714. The number of halogens is 1. The number of hydrogen-bond acceptors (Lipinski definition) is 2. The zero-order chi connectivity index (χ0) is 11.8. The number of thiazole rings is 1. The molecule has 0 amide bonds. The molecule has 3 aromatic rings. The van der Waals surface area contributed by atoms with Crippen LogP contribution in [0, 0.1) is 12.7 Å². The van der Waals surface area contributed by atoms with Crippen molar-refractivity contribution in [1.29, 1.82) is 0 Å². The van der Waals surface area contributed by atoms with Gasteiger partial charge in [0.15, 0.2) is 0 Å². The molecule has 1 nitrogen and oxygen atoms in total. The average molecular weight is 243 g/mol. The first-order valence-electron chi connectivity index (χ1n) is 5.36. The van der Waals surface area contributed by atoms with Crippen LogP contribution in [0.4, 0.5) is 4.39 Å².